The largest absolute Gasteiger partial charge is 0.478 e. The fourth-order valence-electron chi connectivity index (χ4n) is 10.5. The SMILES string of the molecule is O=C(O)C=CCCCCCCC=CCCCCCCCCCCCCCCCCCCCCCCCCCCCCCCCCCCCCCCCCCCCCCCCCCCCCC=CC(=O)O. The lowest BCUT2D eigenvalue weighted by atomic mass is 10.0. The van der Waals surface area contributed by atoms with Gasteiger partial charge in [-0.25, -0.2) is 9.59 Å². The van der Waals surface area contributed by atoms with Crippen LogP contribution in [0.2, 0.25) is 0 Å². The van der Waals surface area contributed by atoms with Gasteiger partial charge in [0.15, 0.2) is 0 Å². The first-order valence-electron chi connectivity index (χ1n) is 32.1. The van der Waals surface area contributed by atoms with Gasteiger partial charge >= 0.3 is 11.9 Å². The molecule has 412 valence electrons. The molecule has 0 aromatic rings. The van der Waals surface area contributed by atoms with Crippen molar-refractivity contribution in [1.29, 1.82) is 0 Å². The molecule has 0 rings (SSSR count). The summed E-state index contributed by atoms with van der Waals surface area (Å²) in [5.41, 5.74) is 0. The summed E-state index contributed by atoms with van der Waals surface area (Å²) in [4.78, 5) is 20.9. The Hall–Kier alpha value is -1.84. The summed E-state index contributed by atoms with van der Waals surface area (Å²) in [5, 5.41) is 17.2. The van der Waals surface area contributed by atoms with Gasteiger partial charge in [-0.1, -0.05) is 345 Å². The first-order chi connectivity index (χ1) is 34.6. The number of carboxylic acid groups (broad SMARTS) is 2. The first-order valence-corrected chi connectivity index (χ1v) is 32.1. The van der Waals surface area contributed by atoms with Crippen LogP contribution in [-0.2, 0) is 9.59 Å². The van der Waals surface area contributed by atoms with Crippen LogP contribution < -0.4 is 0 Å². The van der Waals surface area contributed by atoms with Gasteiger partial charge in [0.25, 0.3) is 0 Å². The van der Waals surface area contributed by atoms with E-state index < -0.39 is 11.9 Å². The molecule has 0 saturated carbocycles. The third-order valence-electron chi connectivity index (χ3n) is 15.2. The monoisotopic (exact) mass is 981 g/mol. The maximum Gasteiger partial charge on any atom is 0.327 e. The zero-order chi connectivity index (χ0) is 50.4. The van der Waals surface area contributed by atoms with E-state index in [4.69, 9.17) is 10.2 Å². The van der Waals surface area contributed by atoms with Crippen LogP contribution in [0, 0.1) is 0 Å². The molecule has 2 N–H and O–H groups in total. The summed E-state index contributed by atoms with van der Waals surface area (Å²) >= 11 is 0. The molecule has 0 fully saturated rings. The van der Waals surface area contributed by atoms with Crippen molar-refractivity contribution in [3.63, 3.8) is 0 Å². The summed E-state index contributed by atoms with van der Waals surface area (Å²) in [6.45, 7) is 0. The molecule has 4 nitrogen and oxygen atoms in total. The van der Waals surface area contributed by atoms with Crippen LogP contribution in [-0.4, -0.2) is 22.2 Å². The second-order valence-corrected chi connectivity index (χ2v) is 22.2. The van der Waals surface area contributed by atoms with Gasteiger partial charge in [0, 0.05) is 12.2 Å². The molecule has 0 aliphatic heterocycles. The van der Waals surface area contributed by atoms with E-state index in [1.807, 2.05) is 0 Å². The summed E-state index contributed by atoms with van der Waals surface area (Å²) in [7, 11) is 0. The maximum absolute atomic E-state index is 10.4. The molecular weight excluding hydrogens is 857 g/mol. The normalized spacial score (nSPS) is 11.9. The van der Waals surface area contributed by atoms with Crippen molar-refractivity contribution in [2.75, 3.05) is 0 Å². The van der Waals surface area contributed by atoms with Gasteiger partial charge in [0.05, 0.1) is 0 Å². The zero-order valence-corrected chi connectivity index (χ0v) is 47.2. The van der Waals surface area contributed by atoms with E-state index in [0.717, 1.165) is 25.7 Å². The van der Waals surface area contributed by atoms with Gasteiger partial charge in [-0.3, -0.25) is 0 Å². The van der Waals surface area contributed by atoms with Crippen molar-refractivity contribution in [3.05, 3.63) is 36.5 Å². The lowest BCUT2D eigenvalue weighted by molar-refractivity contribution is -0.132. The van der Waals surface area contributed by atoms with Gasteiger partial charge in [0.2, 0.25) is 0 Å². The second kappa shape index (κ2) is 63.3. The van der Waals surface area contributed by atoms with Crippen LogP contribution in [0.5, 0.6) is 0 Å². The standard InChI is InChI=1S/C66H124O4/c67-65(68)63-61-59-57-55-53-51-49-47-45-43-41-39-37-35-33-31-29-27-25-23-21-19-17-15-13-11-9-7-5-3-1-2-4-6-8-10-12-14-16-18-20-22-24-26-28-30-32-34-36-38-40-42-44-46-48-50-52-54-56-58-60-62-64-66(69)70/h45,47,61-64H,1-44,46,48-60H2,(H,67,68)(H,69,70). The van der Waals surface area contributed by atoms with E-state index >= 15 is 0 Å². The molecule has 0 aliphatic rings. The Labute approximate surface area is 438 Å². The van der Waals surface area contributed by atoms with Crippen molar-refractivity contribution in [3.8, 4) is 0 Å². The molecule has 0 aliphatic carbocycles. The number of unbranched alkanes of at least 4 members (excludes halogenated alkanes) is 56. The molecule has 4 heteroatoms. The number of aliphatic carboxylic acids is 2. The average Bonchev–Trinajstić information content (AvgIpc) is 3.35. The number of hydrogen-bond donors (Lipinski definition) is 2. The molecular formula is C66H124O4. The van der Waals surface area contributed by atoms with Crippen LogP contribution in [0.4, 0.5) is 0 Å². The highest BCUT2D eigenvalue weighted by Gasteiger charge is 2.00. The van der Waals surface area contributed by atoms with E-state index in [9.17, 15) is 9.59 Å². The molecule has 0 radical (unpaired) electrons. The van der Waals surface area contributed by atoms with Crippen molar-refractivity contribution in [2.24, 2.45) is 0 Å². The number of rotatable bonds is 62. The van der Waals surface area contributed by atoms with Gasteiger partial charge in [0.1, 0.15) is 0 Å². The average molecular weight is 982 g/mol. The summed E-state index contributed by atoms with van der Waals surface area (Å²) in [5.74, 6) is -1.67. The molecule has 70 heavy (non-hydrogen) atoms. The predicted molar refractivity (Wildman–Crippen MR) is 310 cm³/mol. The van der Waals surface area contributed by atoms with Crippen molar-refractivity contribution in [1.82, 2.24) is 0 Å². The van der Waals surface area contributed by atoms with Crippen LogP contribution in [0.3, 0.4) is 0 Å². The van der Waals surface area contributed by atoms with Gasteiger partial charge in [-0.05, 0) is 51.4 Å². The quantitative estimate of drug-likeness (QED) is 0.0362. The van der Waals surface area contributed by atoms with Gasteiger partial charge < -0.3 is 10.2 Å². The minimum atomic E-state index is -0.837. The van der Waals surface area contributed by atoms with E-state index in [1.165, 1.54) is 359 Å². The van der Waals surface area contributed by atoms with Gasteiger partial charge in [-0.15, -0.1) is 0 Å². The molecule has 0 bridgehead atoms. The highest BCUT2D eigenvalue weighted by atomic mass is 16.4. The first kappa shape index (κ1) is 68.2. The van der Waals surface area contributed by atoms with Crippen molar-refractivity contribution < 1.29 is 19.8 Å². The van der Waals surface area contributed by atoms with E-state index in [-0.39, 0.29) is 0 Å². The Morgan fingerprint density at radius 1 is 0.171 bits per heavy atom. The van der Waals surface area contributed by atoms with Crippen LogP contribution in [0.1, 0.15) is 372 Å². The minimum Gasteiger partial charge on any atom is -0.478 e. The number of hydrogen-bond acceptors (Lipinski definition) is 2. The van der Waals surface area contributed by atoms with E-state index in [1.54, 1.807) is 12.2 Å². The van der Waals surface area contributed by atoms with E-state index in [0.29, 0.717) is 0 Å². The van der Waals surface area contributed by atoms with Gasteiger partial charge in [-0.2, -0.15) is 0 Å². The Bertz CT molecular complexity index is 1090. The lowest BCUT2D eigenvalue weighted by Crippen LogP contribution is -1.86. The highest BCUT2D eigenvalue weighted by molar-refractivity contribution is 5.79. The Balaban J connectivity index is 3.11. The Morgan fingerprint density at radius 2 is 0.271 bits per heavy atom. The number of carboxylic acids is 2. The Morgan fingerprint density at radius 3 is 0.386 bits per heavy atom. The minimum absolute atomic E-state index is 0.828. The smallest absolute Gasteiger partial charge is 0.327 e. The molecule has 0 atom stereocenters. The van der Waals surface area contributed by atoms with Crippen LogP contribution in [0.25, 0.3) is 0 Å². The molecule has 0 aromatic heterocycles. The summed E-state index contributed by atoms with van der Waals surface area (Å²) in [6, 6.07) is 0. The second-order valence-electron chi connectivity index (χ2n) is 22.2. The van der Waals surface area contributed by atoms with Crippen LogP contribution >= 0.6 is 0 Å². The third kappa shape index (κ3) is 66.2. The summed E-state index contributed by atoms with van der Waals surface area (Å²) < 4.78 is 0. The number of allylic oxidation sites excluding steroid dienone is 4. The van der Waals surface area contributed by atoms with Crippen molar-refractivity contribution in [2.45, 2.75) is 372 Å². The third-order valence-corrected chi connectivity index (χ3v) is 15.2. The predicted octanol–water partition coefficient (Wildman–Crippen LogP) is 23.5. The van der Waals surface area contributed by atoms with Crippen LogP contribution in [0.15, 0.2) is 36.5 Å². The lowest BCUT2D eigenvalue weighted by Gasteiger charge is -2.05. The maximum atomic E-state index is 10.4. The number of carbonyl (C=O) groups is 2. The Kier molecular flexibility index (Phi) is 61.6. The molecule has 0 saturated heterocycles. The molecule has 0 unspecified atom stereocenters. The molecule has 0 amide bonds. The molecule has 0 aromatic carbocycles. The fraction of sp³-hybridized carbons (Fsp3) is 0.879. The van der Waals surface area contributed by atoms with Crippen molar-refractivity contribution >= 4 is 11.9 Å². The molecule has 0 heterocycles. The van der Waals surface area contributed by atoms with E-state index in [2.05, 4.69) is 12.2 Å². The zero-order valence-electron chi connectivity index (χ0n) is 47.2. The molecule has 0 spiro atoms. The fourth-order valence-corrected chi connectivity index (χ4v) is 10.5. The highest BCUT2D eigenvalue weighted by Crippen LogP contribution is 2.19. The summed E-state index contributed by atoms with van der Waals surface area (Å²) in [6.07, 6.45) is 91.9. The topological polar surface area (TPSA) is 74.6 Å².